The summed E-state index contributed by atoms with van der Waals surface area (Å²) in [5.74, 6) is 0.285. The van der Waals surface area contributed by atoms with Gasteiger partial charge in [-0.15, -0.1) is 0 Å². The maximum atomic E-state index is 10.5. The number of carbonyl (C=O) groups is 1. The lowest BCUT2D eigenvalue weighted by Crippen LogP contribution is -1.86. The first-order valence-electron chi connectivity index (χ1n) is 2.42. The molecule has 0 fully saturated rings. The van der Waals surface area contributed by atoms with E-state index in [2.05, 4.69) is 9.24 Å². The molecule has 0 spiro atoms. The summed E-state index contributed by atoms with van der Waals surface area (Å²) in [6.45, 7) is 0. The Bertz CT molecular complexity index is 160. The lowest BCUT2D eigenvalue weighted by atomic mass is 10.3. The summed E-state index contributed by atoms with van der Waals surface area (Å²) in [4.78, 5) is 10.5. The van der Waals surface area contributed by atoms with Crippen molar-refractivity contribution in [3.63, 3.8) is 0 Å². The second-order valence-corrected chi connectivity index (χ2v) is 2.36. The Morgan fingerprint density at radius 2 is 2.12 bits per heavy atom. The van der Waals surface area contributed by atoms with E-state index in [1.165, 1.54) is 0 Å². The minimum Gasteiger partial charge on any atom is -0.512 e. The lowest BCUT2D eigenvalue weighted by molar-refractivity contribution is -0.114. The third-order valence-electron chi connectivity index (χ3n) is 1.20. The fraction of sp³-hybridized carbons (Fsp3) is 0.400. The third-order valence-corrected chi connectivity index (χ3v) is 1.86. The molecule has 0 heterocycles. The quantitative estimate of drug-likeness (QED) is 0.496. The van der Waals surface area contributed by atoms with Crippen molar-refractivity contribution >= 4 is 15.0 Å². The smallest absolute Gasteiger partial charge is 0.166 e. The van der Waals surface area contributed by atoms with Crippen LogP contribution in [-0.2, 0) is 4.79 Å². The van der Waals surface area contributed by atoms with Crippen LogP contribution in [0.25, 0.3) is 0 Å². The molecule has 1 atom stereocenters. The monoisotopic (exact) mass is 130 g/mol. The Morgan fingerprint density at radius 1 is 1.50 bits per heavy atom. The molecule has 0 aromatic heterocycles. The first-order chi connectivity index (χ1) is 3.72. The number of hydrogen-bond acceptors (Lipinski definition) is 2. The number of allylic oxidation sites excluding steroid dienone is 2. The molecule has 0 bridgehead atoms. The van der Waals surface area contributed by atoms with E-state index >= 15 is 0 Å². The second-order valence-electron chi connectivity index (χ2n) is 1.78. The van der Waals surface area contributed by atoms with Gasteiger partial charge in [0.2, 0.25) is 0 Å². The molecular formula is C5H7O2P. The van der Waals surface area contributed by atoms with E-state index in [-0.39, 0.29) is 11.5 Å². The van der Waals surface area contributed by atoms with Crippen LogP contribution in [-0.4, -0.2) is 10.9 Å². The Labute approximate surface area is 49.8 Å². The van der Waals surface area contributed by atoms with Crippen molar-refractivity contribution in [3.05, 3.63) is 11.1 Å². The molecule has 8 heavy (non-hydrogen) atoms. The van der Waals surface area contributed by atoms with Crippen LogP contribution in [0.15, 0.2) is 11.1 Å². The highest BCUT2D eigenvalue weighted by Gasteiger charge is 2.17. The van der Waals surface area contributed by atoms with Gasteiger partial charge in [0, 0.05) is 18.2 Å². The van der Waals surface area contributed by atoms with Crippen LogP contribution in [0.5, 0.6) is 0 Å². The number of ketones is 1. The van der Waals surface area contributed by atoms with Crippen molar-refractivity contribution in [2.24, 2.45) is 0 Å². The highest BCUT2D eigenvalue weighted by molar-refractivity contribution is 7.25. The summed E-state index contributed by atoms with van der Waals surface area (Å²) in [5.41, 5.74) is 0. The average molecular weight is 130 g/mol. The van der Waals surface area contributed by atoms with Crippen LogP contribution in [0.2, 0.25) is 0 Å². The summed E-state index contributed by atoms with van der Waals surface area (Å²) < 4.78 is 0. The van der Waals surface area contributed by atoms with Crippen molar-refractivity contribution in [3.8, 4) is 0 Å². The van der Waals surface area contributed by atoms with Gasteiger partial charge in [0.25, 0.3) is 0 Å². The van der Waals surface area contributed by atoms with Gasteiger partial charge in [0.1, 0.15) is 5.76 Å². The van der Waals surface area contributed by atoms with E-state index in [1.807, 2.05) is 0 Å². The molecule has 0 radical (unpaired) electrons. The molecule has 1 aliphatic rings. The zero-order valence-corrected chi connectivity index (χ0v) is 5.50. The van der Waals surface area contributed by atoms with Crippen molar-refractivity contribution in [2.45, 2.75) is 12.8 Å². The van der Waals surface area contributed by atoms with Crippen LogP contribution in [0.4, 0.5) is 0 Å². The minimum absolute atomic E-state index is 0.0486. The topological polar surface area (TPSA) is 37.3 Å². The van der Waals surface area contributed by atoms with E-state index in [0.29, 0.717) is 18.2 Å². The van der Waals surface area contributed by atoms with Gasteiger partial charge in [0.15, 0.2) is 5.78 Å². The van der Waals surface area contributed by atoms with Gasteiger partial charge in [-0.2, -0.15) is 0 Å². The molecule has 1 unspecified atom stereocenters. The SMILES string of the molecule is O=C1CCC(O)=C1P. The van der Waals surface area contributed by atoms with E-state index in [1.54, 1.807) is 0 Å². The molecular weight excluding hydrogens is 123 g/mol. The third kappa shape index (κ3) is 0.760. The molecule has 44 valence electrons. The van der Waals surface area contributed by atoms with Gasteiger partial charge in [0.05, 0.1) is 0 Å². The van der Waals surface area contributed by atoms with Gasteiger partial charge in [-0.1, -0.05) is 9.24 Å². The molecule has 0 saturated heterocycles. The van der Waals surface area contributed by atoms with Crippen molar-refractivity contribution in [1.82, 2.24) is 0 Å². The van der Waals surface area contributed by atoms with E-state index in [4.69, 9.17) is 5.11 Å². The largest absolute Gasteiger partial charge is 0.512 e. The summed E-state index contributed by atoms with van der Waals surface area (Å²) in [6, 6.07) is 0. The van der Waals surface area contributed by atoms with Crippen molar-refractivity contribution < 1.29 is 9.90 Å². The molecule has 1 rings (SSSR count). The Hall–Kier alpha value is -0.360. The Kier molecular flexibility index (Phi) is 1.35. The fourth-order valence-electron chi connectivity index (χ4n) is 0.662. The zero-order valence-electron chi connectivity index (χ0n) is 4.35. The number of hydrogen-bond donors (Lipinski definition) is 1. The van der Waals surface area contributed by atoms with Crippen molar-refractivity contribution in [1.29, 1.82) is 0 Å². The van der Waals surface area contributed by atoms with Gasteiger partial charge in [-0.3, -0.25) is 4.79 Å². The second kappa shape index (κ2) is 1.87. The molecule has 0 saturated carbocycles. The summed E-state index contributed by atoms with van der Waals surface area (Å²) >= 11 is 0. The van der Waals surface area contributed by atoms with Crippen molar-refractivity contribution in [2.75, 3.05) is 0 Å². The molecule has 3 heteroatoms. The molecule has 0 amide bonds. The number of carbonyl (C=O) groups excluding carboxylic acids is 1. The maximum absolute atomic E-state index is 10.5. The maximum Gasteiger partial charge on any atom is 0.166 e. The minimum atomic E-state index is 0.0486. The number of aliphatic hydroxyl groups is 1. The Balaban J connectivity index is 2.86. The molecule has 0 aliphatic heterocycles. The highest BCUT2D eigenvalue weighted by atomic mass is 31.0. The van der Waals surface area contributed by atoms with Gasteiger partial charge in [-0.05, 0) is 0 Å². The number of Topliss-reactive ketones (excluding diaryl/α,β-unsaturated/α-hetero) is 1. The number of rotatable bonds is 0. The van der Waals surface area contributed by atoms with Crippen LogP contribution in [0.3, 0.4) is 0 Å². The normalized spacial score (nSPS) is 20.4. The lowest BCUT2D eigenvalue weighted by Gasteiger charge is -1.85. The predicted octanol–water partition coefficient (Wildman–Crippen LogP) is 0.994. The summed E-state index contributed by atoms with van der Waals surface area (Å²) in [6.07, 6.45) is 1.00. The highest BCUT2D eigenvalue weighted by Crippen LogP contribution is 2.24. The number of aliphatic hydroxyl groups excluding tert-OH is 1. The van der Waals surface area contributed by atoms with Crippen LogP contribution >= 0.6 is 9.24 Å². The molecule has 0 aromatic rings. The van der Waals surface area contributed by atoms with Crippen LogP contribution in [0, 0.1) is 0 Å². The zero-order chi connectivity index (χ0) is 6.15. The standard InChI is InChI=1S/C5H7O2P/c6-3-1-2-4(7)5(3)8/h6H,1-2,8H2. The van der Waals surface area contributed by atoms with E-state index in [9.17, 15) is 4.79 Å². The molecule has 0 aromatic carbocycles. The first-order valence-corrected chi connectivity index (χ1v) is 3.00. The summed E-state index contributed by atoms with van der Waals surface area (Å²) in [7, 11) is 2.23. The summed E-state index contributed by atoms with van der Waals surface area (Å²) in [5, 5.41) is 9.27. The average Bonchev–Trinajstić information content (AvgIpc) is 1.98. The molecule has 1 N–H and O–H groups in total. The molecule has 1 aliphatic carbocycles. The van der Waals surface area contributed by atoms with E-state index < -0.39 is 0 Å². The molecule has 2 nitrogen and oxygen atoms in total. The van der Waals surface area contributed by atoms with Gasteiger partial charge in [-0.25, -0.2) is 0 Å². The van der Waals surface area contributed by atoms with E-state index in [0.717, 1.165) is 0 Å². The van der Waals surface area contributed by atoms with Gasteiger partial charge >= 0.3 is 0 Å². The van der Waals surface area contributed by atoms with Gasteiger partial charge < -0.3 is 5.11 Å². The van der Waals surface area contributed by atoms with Crippen LogP contribution < -0.4 is 0 Å². The Morgan fingerprint density at radius 3 is 2.25 bits per heavy atom. The predicted molar refractivity (Wildman–Crippen MR) is 33.6 cm³/mol. The van der Waals surface area contributed by atoms with Crippen LogP contribution in [0.1, 0.15) is 12.8 Å². The first kappa shape index (κ1) is 5.77. The fourth-order valence-corrected chi connectivity index (χ4v) is 0.951.